The summed E-state index contributed by atoms with van der Waals surface area (Å²) in [6, 6.07) is 11.7. The molecule has 0 amide bonds. The molecule has 3 aromatic rings. The molecule has 1 unspecified atom stereocenters. The molecule has 0 aliphatic carbocycles. The van der Waals surface area contributed by atoms with E-state index < -0.39 is 0 Å². The number of hydrogen-bond acceptors (Lipinski definition) is 5. The quantitative estimate of drug-likeness (QED) is 0.555. The minimum atomic E-state index is -0.0745. The number of rotatable bonds is 4. The molecule has 1 aromatic carbocycles. The van der Waals surface area contributed by atoms with Gasteiger partial charge in [-0.1, -0.05) is 12.1 Å². The summed E-state index contributed by atoms with van der Waals surface area (Å²) in [5.74, 6) is 5.66. The Balaban J connectivity index is 1.91. The van der Waals surface area contributed by atoms with Crippen molar-refractivity contribution in [2.24, 2.45) is 5.84 Å². The van der Waals surface area contributed by atoms with Crippen LogP contribution in [0, 0.1) is 0 Å². The Morgan fingerprint density at radius 1 is 1.05 bits per heavy atom. The van der Waals surface area contributed by atoms with Crippen LogP contribution in [0.3, 0.4) is 0 Å². The highest BCUT2D eigenvalue weighted by molar-refractivity contribution is 5.73. The number of fused-ring (bicyclic) bond motifs is 1. The van der Waals surface area contributed by atoms with Crippen molar-refractivity contribution in [3.63, 3.8) is 0 Å². The van der Waals surface area contributed by atoms with Crippen molar-refractivity contribution >= 4 is 11.0 Å². The highest BCUT2D eigenvalue weighted by Gasteiger charge is 2.13. The van der Waals surface area contributed by atoms with E-state index in [-0.39, 0.29) is 6.04 Å². The van der Waals surface area contributed by atoms with Crippen LogP contribution in [0.15, 0.2) is 55.0 Å². The molecule has 0 saturated carbocycles. The number of para-hydroxylation sites is 2. The Labute approximate surface area is 116 Å². The standard InChI is InChI=1S/C15H15N5/c16-20-14(9-11-5-7-17-8-6-11)15-10-18-12-3-1-2-4-13(12)19-15/h1-8,10,14,20H,9,16H2. The molecule has 100 valence electrons. The van der Waals surface area contributed by atoms with Crippen molar-refractivity contribution in [1.82, 2.24) is 20.4 Å². The zero-order valence-electron chi connectivity index (χ0n) is 10.9. The maximum absolute atomic E-state index is 5.66. The molecule has 20 heavy (non-hydrogen) atoms. The highest BCUT2D eigenvalue weighted by atomic mass is 15.2. The smallest absolute Gasteiger partial charge is 0.0890 e. The van der Waals surface area contributed by atoms with Gasteiger partial charge in [-0.15, -0.1) is 0 Å². The third kappa shape index (κ3) is 2.64. The van der Waals surface area contributed by atoms with Gasteiger partial charge in [0.05, 0.1) is 29.0 Å². The number of pyridine rings is 1. The average Bonchev–Trinajstić information content (AvgIpc) is 2.53. The van der Waals surface area contributed by atoms with Crippen molar-refractivity contribution in [3.05, 3.63) is 66.2 Å². The lowest BCUT2D eigenvalue weighted by Crippen LogP contribution is -2.30. The second kappa shape index (κ2) is 5.73. The van der Waals surface area contributed by atoms with E-state index in [1.54, 1.807) is 18.6 Å². The Morgan fingerprint density at radius 2 is 1.80 bits per heavy atom. The summed E-state index contributed by atoms with van der Waals surface area (Å²) in [5, 5.41) is 0. The maximum atomic E-state index is 5.66. The Morgan fingerprint density at radius 3 is 2.55 bits per heavy atom. The third-order valence-electron chi connectivity index (χ3n) is 3.21. The van der Waals surface area contributed by atoms with Crippen LogP contribution in [0.5, 0.6) is 0 Å². The van der Waals surface area contributed by atoms with Gasteiger partial charge in [0.25, 0.3) is 0 Å². The van der Waals surface area contributed by atoms with Crippen LogP contribution in [0.25, 0.3) is 11.0 Å². The fraction of sp³-hybridized carbons (Fsp3) is 0.133. The summed E-state index contributed by atoms with van der Waals surface area (Å²) in [6.45, 7) is 0. The number of nitrogens with zero attached hydrogens (tertiary/aromatic N) is 3. The van der Waals surface area contributed by atoms with Crippen molar-refractivity contribution < 1.29 is 0 Å². The molecule has 5 heteroatoms. The molecule has 0 radical (unpaired) electrons. The molecule has 0 aliphatic rings. The van der Waals surface area contributed by atoms with Gasteiger partial charge in [-0.2, -0.15) is 0 Å². The number of nitrogens with two attached hydrogens (primary N) is 1. The summed E-state index contributed by atoms with van der Waals surface area (Å²) >= 11 is 0. The SMILES string of the molecule is NNC(Cc1ccncc1)c1cnc2ccccc2n1. The summed E-state index contributed by atoms with van der Waals surface area (Å²) in [5.41, 5.74) is 6.56. The van der Waals surface area contributed by atoms with Gasteiger partial charge >= 0.3 is 0 Å². The molecule has 5 nitrogen and oxygen atoms in total. The van der Waals surface area contributed by atoms with Crippen LogP contribution in [0.1, 0.15) is 17.3 Å². The van der Waals surface area contributed by atoms with Gasteiger partial charge in [-0.25, -0.2) is 4.98 Å². The first-order valence-electron chi connectivity index (χ1n) is 6.43. The molecule has 3 N–H and O–H groups in total. The Hall–Kier alpha value is -2.37. The zero-order valence-corrected chi connectivity index (χ0v) is 10.9. The lowest BCUT2D eigenvalue weighted by atomic mass is 10.1. The van der Waals surface area contributed by atoms with Crippen molar-refractivity contribution in [2.45, 2.75) is 12.5 Å². The van der Waals surface area contributed by atoms with E-state index in [2.05, 4.69) is 20.4 Å². The Bertz CT molecular complexity index is 699. The monoisotopic (exact) mass is 265 g/mol. The number of benzene rings is 1. The first kappa shape index (κ1) is 12.7. The van der Waals surface area contributed by atoms with E-state index in [1.165, 1.54) is 0 Å². The Kier molecular flexibility index (Phi) is 3.62. The largest absolute Gasteiger partial charge is 0.271 e. The first-order chi connectivity index (χ1) is 9.86. The minimum Gasteiger partial charge on any atom is -0.271 e. The molecule has 0 saturated heterocycles. The van der Waals surface area contributed by atoms with Crippen molar-refractivity contribution in [3.8, 4) is 0 Å². The van der Waals surface area contributed by atoms with Crippen molar-refractivity contribution in [2.75, 3.05) is 0 Å². The molecule has 2 aromatic heterocycles. The highest BCUT2D eigenvalue weighted by Crippen LogP contribution is 2.17. The van der Waals surface area contributed by atoms with Gasteiger partial charge in [-0.3, -0.25) is 21.2 Å². The number of hydrazine groups is 1. The van der Waals surface area contributed by atoms with E-state index >= 15 is 0 Å². The van der Waals surface area contributed by atoms with Crippen LogP contribution in [-0.2, 0) is 6.42 Å². The van der Waals surface area contributed by atoms with Gasteiger partial charge in [0.15, 0.2) is 0 Å². The summed E-state index contributed by atoms with van der Waals surface area (Å²) in [7, 11) is 0. The fourth-order valence-corrected chi connectivity index (χ4v) is 2.14. The van der Waals surface area contributed by atoms with E-state index in [9.17, 15) is 0 Å². The molecule has 3 rings (SSSR count). The first-order valence-corrected chi connectivity index (χ1v) is 6.43. The van der Waals surface area contributed by atoms with Crippen LogP contribution in [0.4, 0.5) is 0 Å². The second-order valence-electron chi connectivity index (χ2n) is 4.56. The van der Waals surface area contributed by atoms with Gasteiger partial charge in [0, 0.05) is 12.4 Å². The maximum Gasteiger partial charge on any atom is 0.0890 e. The van der Waals surface area contributed by atoms with E-state index in [4.69, 9.17) is 5.84 Å². The van der Waals surface area contributed by atoms with E-state index in [0.717, 1.165) is 28.7 Å². The van der Waals surface area contributed by atoms with E-state index in [0.29, 0.717) is 0 Å². The molecule has 1 atom stereocenters. The molecular weight excluding hydrogens is 250 g/mol. The predicted octanol–water partition coefficient (Wildman–Crippen LogP) is 1.77. The van der Waals surface area contributed by atoms with Gasteiger partial charge < -0.3 is 0 Å². The van der Waals surface area contributed by atoms with E-state index in [1.807, 2.05) is 36.4 Å². The topological polar surface area (TPSA) is 76.7 Å². The summed E-state index contributed by atoms with van der Waals surface area (Å²) in [6.07, 6.45) is 6.06. The normalized spacial score (nSPS) is 12.4. The lowest BCUT2D eigenvalue weighted by Gasteiger charge is -2.15. The number of aromatic nitrogens is 3. The molecular formula is C15H15N5. The average molecular weight is 265 g/mol. The van der Waals surface area contributed by atoms with Crippen LogP contribution in [-0.4, -0.2) is 15.0 Å². The molecule has 0 fully saturated rings. The third-order valence-corrected chi connectivity index (χ3v) is 3.21. The number of hydrogen-bond donors (Lipinski definition) is 2. The van der Waals surface area contributed by atoms with Gasteiger partial charge in [0.2, 0.25) is 0 Å². The van der Waals surface area contributed by atoms with Crippen molar-refractivity contribution in [1.29, 1.82) is 0 Å². The van der Waals surface area contributed by atoms with Gasteiger partial charge in [0.1, 0.15) is 0 Å². The van der Waals surface area contributed by atoms with Crippen LogP contribution < -0.4 is 11.3 Å². The summed E-state index contributed by atoms with van der Waals surface area (Å²) in [4.78, 5) is 13.1. The zero-order chi connectivity index (χ0) is 13.8. The lowest BCUT2D eigenvalue weighted by molar-refractivity contribution is 0.538. The number of nitrogens with one attached hydrogen (secondary N) is 1. The molecule has 0 bridgehead atoms. The molecule has 2 heterocycles. The van der Waals surface area contributed by atoms with Crippen LogP contribution in [0.2, 0.25) is 0 Å². The molecule has 0 aliphatic heterocycles. The molecule has 0 spiro atoms. The second-order valence-corrected chi connectivity index (χ2v) is 4.56. The van der Waals surface area contributed by atoms with Crippen LogP contribution >= 0.6 is 0 Å². The minimum absolute atomic E-state index is 0.0745. The fourth-order valence-electron chi connectivity index (χ4n) is 2.14. The predicted molar refractivity (Wildman–Crippen MR) is 77.5 cm³/mol. The summed E-state index contributed by atoms with van der Waals surface area (Å²) < 4.78 is 0. The van der Waals surface area contributed by atoms with Gasteiger partial charge in [-0.05, 0) is 36.2 Å².